The van der Waals surface area contributed by atoms with E-state index in [2.05, 4.69) is 35.1 Å². The van der Waals surface area contributed by atoms with Crippen molar-refractivity contribution in [1.29, 1.82) is 5.26 Å². The van der Waals surface area contributed by atoms with E-state index < -0.39 is 0 Å². The quantitative estimate of drug-likeness (QED) is 0.842. The lowest BCUT2D eigenvalue weighted by Gasteiger charge is -2.11. The SMILES string of the molecule is CC(C)c1ccc(OCC(=O)Nc2ccc(C#N)cc2)c(Br)c1. The number of ether oxygens (including phenoxy) is 1. The number of hydrogen-bond acceptors (Lipinski definition) is 3. The summed E-state index contributed by atoms with van der Waals surface area (Å²) in [5, 5.41) is 11.5. The second-order valence-corrected chi connectivity index (χ2v) is 6.22. The van der Waals surface area contributed by atoms with Crippen LogP contribution in [0.5, 0.6) is 5.75 Å². The van der Waals surface area contributed by atoms with E-state index in [9.17, 15) is 4.79 Å². The Hall–Kier alpha value is -2.32. The van der Waals surface area contributed by atoms with E-state index in [1.807, 2.05) is 24.3 Å². The van der Waals surface area contributed by atoms with E-state index >= 15 is 0 Å². The molecule has 2 aromatic rings. The van der Waals surface area contributed by atoms with Crippen LogP contribution in [0.4, 0.5) is 5.69 Å². The molecule has 23 heavy (non-hydrogen) atoms. The number of halogens is 1. The molecule has 1 amide bonds. The summed E-state index contributed by atoms with van der Waals surface area (Å²) in [4.78, 5) is 11.9. The van der Waals surface area contributed by atoms with E-state index in [1.165, 1.54) is 5.56 Å². The predicted molar refractivity (Wildman–Crippen MR) is 93.5 cm³/mol. The number of carbonyl (C=O) groups is 1. The first-order valence-corrected chi connectivity index (χ1v) is 8.01. The van der Waals surface area contributed by atoms with Gasteiger partial charge in [0.25, 0.3) is 5.91 Å². The van der Waals surface area contributed by atoms with E-state index in [0.717, 1.165) is 4.47 Å². The molecule has 2 aromatic carbocycles. The van der Waals surface area contributed by atoms with Crippen molar-refractivity contribution in [3.63, 3.8) is 0 Å². The highest BCUT2D eigenvalue weighted by molar-refractivity contribution is 9.10. The van der Waals surface area contributed by atoms with Crippen molar-refractivity contribution < 1.29 is 9.53 Å². The Bertz CT molecular complexity index is 734. The van der Waals surface area contributed by atoms with Crippen LogP contribution in [-0.4, -0.2) is 12.5 Å². The molecular formula is C18H17BrN2O2. The molecule has 1 N–H and O–H groups in total. The van der Waals surface area contributed by atoms with Crippen molar-refractivity contribution in [3.8, 4) is 11.8 Å². The summed E-state index contributed by atoms with van der Waals surface area (Å²) in [6.45, 7) is 4.15. The van der Waals surface area contributed by atoms with E-state index in [-0.39, 0.29) is 12.5 Å². The highest BCUT2D eigenvalue weighted by atomic mass is 79.9. The molecule has 0 bridgehead atoms. The van der Waals surface area contributed by atoms with Gasteiger partial charge < -0.3 is 10.1 Å². The first-order valence-electron chi connectivity index (χ1n) is 7.22. The maximum atomic E-state index is 11.9. The number of benzene rings is 2. The Morgan fingerprint density at radius 3 is 2.52 bits per heavy atom. The fraction of sp³-hybridized carbons (Fsp3) is 0.222. The van der Waals surface area contributed by atoms with Gasteiger partial charge in [0.15, 0.2) is 6.61 Å². The van der Waals surface area contributed by atoms with Gasteiger partial charge in [-0.05, 0) is 63.8 Å². The molecular weight excluding hydrogens is 356 g/mol. The molecule has 0 spiro atoms. The third-order valence-corrected chi connectivity index (χ3v) is 3.90. The van der Waals surface area contributed by atoms with Crippen LogP contribution in [0.2, 0.25) is 0 Å². The second-order valence-electron chi connectivity index (χ2n) is 5.37. The van der Waals surface area contributed by atoms with Crippen molar-refractivity contribution >= 4 is 27.5 Å². The minimum atomic E-state index is -0.255. The summed E-state index contributed by atoms with van der Waals surface area (Å²) in [5.74, 6) is 0.805. The van der Waals surface area contributed by atoms with Crippen LogP contribution in [0.15, 0.2) is 46.9 Å². The van der Waals surface area contributed by atoms with E-state index in [4.69, 9.17) is 10.00 Å². The van der Waals surface area contributed by atoms with Gasteiger partial charge in [0.2, 0.25) is 0 Å². The van der Waals surface area contributed by atoms with E-state index in [0.29, 0.717) is 22.9 Å². The largest absolute Gasteiger partial charge is 0.483 e. The summed E-state index contributed by atoms with van der Waals surface area (Å²) in [5.41, 5.74) is 2.38. The Morgan fingerprint density at radius 1 is 1.26 bits per heavy atom. The summed E-state index contributed by atoms with van der Waals surface area (Å²) in [7, 11) is 0. The Morgan fingerprint density at radius 2 is 1.96 bits per heavy atom. The van der Waals surface area contributed by atoms with Gasteiger partial charge in [-0.15, -0.1) is 0 Å². The number of rotatable bonds is 5. The fourth-order valence-corrected chi connectivity index (χ4v) is 2.47. The van der Waals surface area contributed by atoms with Gasteiger partial charge in [0.05, 0.1) is 16.1 Å². The highest BCUT2D eigenvalue weighted by Crippen LogP contribution is 2.28. The van der Waals surface area contributed by atoms with Gasteiger partial charge >= 0.3 is 0 Å². The van der Waals surface area contributed by atoms with Crippen LogP contribution in [0.3, 0.4) is 0 Å². The summed E-state index contributed by atoms with van der Waals surface area (Å²) in [6, 6.07) is 14.5. The third-order valence-electron chi connectivity index (χ3n) is 3.28. The third kappa shape index (κ3) is 4.83. The van der Waals surface area contributed by atoms with Crippen molar-refractivity contribution in [2.75, 3.05) is 11.9 Å². The zero-order chi connectivity index (χ0) is 16.8. The van der Waals surface area contributed by atoms with Crippen LogP contribution in [0.25, 0.3) is 0 Å². The summed E-state index contributed by atoms with van der Waals surface area (Å²) < 4.78 is 6.37. The van der Waals surface area contributed by atoms with Gasteiger partial charge in [-0.1, -0.05) is 19.9 Å². The molecule has 0 saturated carbocycles. The number of hydrogen-bond donors (Lipinski definition) is 1. The Balaban J connectivity index is 1.92. The lowest BCUT2D eigenvalue weighted by atomic mass is 10.0. The average molecular weight is 373 g/mol. The maximum absolute atomic E-state index is 11.9. The number of anilines is 1. The Labute approximate surface area is 144 Å². The lowest BCUT2D eigenvalue weighted by Crippen LogP contribution is -2.20. The molecule has 0 aromatic heterocycles. The van der Waals surface area contributed by atoms with Crippen molar-refractivity contribution in [2.24, 2.45) is 0 Å². The standard InChI is InChI=1S/C18H17BrN2O2/c1-12(2)14-5-8-17(16(19)9-14)23-11-18(22)21-15-6-3-13(10-20)4-7-15/h3-9,12H,11H2,1-2H3,(H,21,22). The molecule has 4 nitrogen and oxygen atoms in total. The van der Waals surface area contributed by atoms with Crippen molar-refractivity contribution in [1.82, 2.24) is 0 Å². The molecule has 0 fully saturated rings. The number of nitrogens with zero attached hydrogens (tertiary/aromatic N) is 1. The minimum absolute atomic E-state index is 0.0837. The number of nitrogens with one attached hydrogen (secondary N) is 1. The minimum Gasteiger partial charge on any atom is -0.483 e. The maximum Gasteiger partial charge on any atom is 0.262 e. The summed E-state index contributed by atoms with van der Waals surface area (Å²) in [6.07, 6.45) is 0. The van der Waals surface area contributed by atoms with Crippen LogP contribution in [0, 0.1) is 11.3 Å². The monoisotopic (exact) mass is 372 g/mol. The fourth-order valence-electron chi connectivity index (χ4n) is 1.96. The molecule has 0 radical (unpaired) electrons. The van der Waals surface area contributed by atoms with Gasteiger partial charge in [-0.3, -0.25) is 4.79 Å². The normalized spacial score (nSPS) is 10.2. The van der Waals surface area contributed by atoms with Gasteiger partial charge in [0.1, 0.15) is 5.75 Å². The van der Waals surface area contributed by atoms with Crippen molar-refractivity contribution in [3.05, 3.63) is 58.1 Å². The smallest absolute Gasteiger partial charge is 0.262 e. The molecule has 0 saturated heterocycles. The topological polar surface area (TPSA) is 62.1 Å². The van der Waals surface area contributed by atoms with E-state index in [1.54, 1.807) is 24.3 Å². The first-order chi connectivity index (χ1) is 11.0. The van der Waals surface area contributed by atoms with Gasteiger partial charge in [0, 0.05) is 5.69 Å². The molecule has 118 valence electrons. The molecule has 0 heterocycles. The number of amides is 1. The van der Waals surface area contributed by atoms with Crippen LogP contribution in [0.1, 0.15) is 30.9 Å². The zero-order valence-electron chi connectivity index (χ0n) is 13.0. The molecule has 0 aliphatic heterocycles. The zero-order valence-corrected chi connectivity index (χ0v) is 14.6. The summed E-state index contributed by atoms with van der Waals surface area (Å²) >= 11 is 3.46. The Kier molecular flexibility index (Phi) is 5.78. The number of carbonyl (C=O) groups excluding carboxylic acids is 1. The number of nitriles is 1. The lowest BCUT2D eigenvalue weighted by molar-refractivity contribution is -0.118. The van der Waals surface area contributed by atoms with Gasteiger partial charge in [-0.25, -0.2) is 0 Å². The van der Waals surface area contributed by atoms with Gasteiger partial charge in [-0.2, -0.15) is 5.26 Å². The van der Waals surface area contributed by atoms with Crippen molar-refractivity contribution in [2.45, 2.75) is 19.8 Å². The molecule has 0 unspecified atom stereocenters. The predicted octanol–water partition coefficient (Wildman–Crippen LogP) is 4.46. The van der Waals surface area contributed by atoms with Crippen LogP contribution in [-0.2, 0) is 4.79 Å². The molecule has 0 aliphatic carbocycles. The molecule has 2 rings (SSSR count). The molecule has 5 heteroatoms. The van der Waals surface area contributed by atoms with Crippen LogP contribution >= 0.6 is 15.9 Å². The second kappa shape index (κ2) is 7.80. The van der Waals surface area contributed by atoms with Crippen LogP contribution < -0.4 is 10.1 Å². The first kappa shape index (κ1) is 17.0. The average Bonchev–Trinajstić information content (AvgIpc) is 2.54. The molecule has 0 atom stereocenters. The molecule has 0 aliphatic rings. The highest BCUT2D eigenvalue weighted by Gasteiger charge is 2.08.